The van der Waals surface area contributed by atoms with Crippen LogP contribution in [0.1, 0.15) is 66.7 Å². The summed E-state index contributed by atoms with van der Waals surface area (Å²) in [6.07, 6.45) is 7.91. The average Bonchev–Trinajstić information content (AvgIpc) is 2.57. The first-order valence-corrected chi connectivity index (χ1v) is 8.78. The van der Waals surface area contributed by atoms with Gasteiger partial charge in [0.1, 0.15) is 0 Å². The summed E-state index contributed by atoms with van der Waals surface area (Å²) in [4.78, 5) is 0. The fourth-order valence-electron chi connectivity index (χ4n) is 2.19. The van der Waals surface area contributed by atoms with Crippen LogP contribution in [0.3, 0.4) is 0 Å². The quantitative estimate of drug-likeness (QED) is 0.278. The Hall–Kier alpha value is -0.0151. The van der Waals surface area contributed by atoms with E-state index in [4.69, 9.17) is 9.31 Å². The van der Waals surface area contributed by atoms with E-state index in [0.717, 1.165) is 17.2 Å². The molecule has 0 aliphatic carbocycles. The Morgan fingerprint density at radius 1 is 1.05 bits per heavy atom. The molecule has 2 nitrogen and oxygen atoms in total. The van der Waals surface area contributed by atoms with Gasteiger partial charge < -0.3 is 9.31 Å². The van der Waals surface area contributed by atoms with E-state index >= 15 is 0 Å². The topological polar surface area (TPSA) is 18.5 Å². The molecule has 4 heteroatoms. The molecule has 0 spiro atoms. The molecule has 0 unspecified atom stereocenters. The molecule has 1 aliphatic rings. The summed E-state index contributed by atoms with van der Waals surface area (Å²) in [5, 5.41) is 1.10. The van der Waals surface area contributed by atoms with Crippen molar-refractivity contribution in [3.8, 4) is 0 Å². The number of unbranched alkanes of at least 4 members (excludes halogenated alkanes) is 3. The van der Waals surface area contributed by atoms with Gasteiger partial charge in [-0.3, -0.25) is 0 Å². The molecule has 0 amide bonds. The van der Waals surface area contributed by atoms with Gasteiger partial charge in [0.15, 0.2) is 0 Å². The zero-order chi connectivity index (χ0) is 15.2. The highest BCUT2D eigenvalue weighted by molar-refractivity contribution is 9.09. The highest BCUT2D eigenvalue weighted by Gasteiger charge is 2.52. The minimum atomic E-state index is -0.270. The number of alkyl halides is 1. The molecule has 0 aromatic carbocycles. The van der Waals surface area contributed by atoms with Gasteiger partial charge >= 0.3 is 7.12 Å². The maximum absolute atomic E-state index is 6.11. The lowest BCUT2D eigenvalue weighted by atomic mass is 9.76. The molecule has 1 saturated heterocycles. The second-order valence-corrected chi connectivity index (χ2v) is 7.19. The zero-order valence-electron chi connectivity index (χ0n) is 13.6. The van der Waals surface area contributed by atoms with Crippen LogP contribution in [-0.4, -0.2) is 23.7 Å². The number of hydrogen-bond donors (Lipinski definition) is 0. The van der Waals surface area contributed by atoms with Crippen molar-refractivity contribution in [2.45, 2.75) is 77.9 Å². The number of allylic oxidation sites excluding steroid dienone is 1. The average molecular weight is 343 g/mol. The smallest absolute Gasteiger partial charge is 0.399 e. The first kappa shape index (κ1) is 18.0. The van der Waals surface area contributed by atoms with Crippen LogP contribution in [0.15, 0.2) is 17.3 Å². The van der Waals surface area contributed by atoms with Crippen LogP contribution in [0.5, 0.6) is 0 Å². The molecule has 1 rings (SSSR count). The lowest BCUT2D eigenvalue weighted by Crippen LogP contribution is -2.41. The Labute approximate surface area is 133 Å². The van der Waals surface area contributed by atoms with Crippen LogP contribution >= 0.6 is 15.9 Å². The molecule has 0 aromatic rings. The maximum Gasteiger partial charge on any atom is 0.498 e. The van der Waals surface area contributed by atoms with E-state index in [2.05, 4.69) is 49.4 Å². The molecule has 1 heterocycles. The Balaban J connectivity index is 2.59. The molecule has 0 N–H and O–H groups in total. The van der Waals surface area contributed by atoms with Gasteiger partial charge in [-0.2, -0.15) is 0 Å². The second-order valence-electron chi connectivity index (χ2n) is 6.40. The second kappa shape index (κ2) is 7.84. The lowest BCUT2D eigenvalue weighted by Gasteiger charge is -2.32. The first-order valence-electron chi connectivity index (χ1n) is 7.66. The van der Waals surface area contributed by atoms with Crippen molar-refractivity contribution in [1.82, 2.24) is 0 Å². The third-order valence-electron chi connectivity index (χ3n) is 4.20. The number of halogens is 1. The fraction of sp³-hybridized carbons (Fsp3) is 0.812. The highest BCUT2D eigenvalue weighted by atomic mass is 79.9. The monoisotopic (exact) mass is 342 g/mol. The van der Waals surface area contributed by atoms with Crippen molar-refractivity contribution in [3.05, 3.63) is 17.3 Å². The lowest BCUT2D eigenvalue weighted by molar-refractivity contribution is 0.00578. The summed E-state index contributed by atoms with van der Waals surface area (Å²) in [7, 11) is -0.243. The summed E-state index contributed by atoms with van der Waals surface area (Å²) in [6, 6.07) is 0. The van der Waals surface area contributed by atoms with Crippen LogP contribution < -0.4 is 0 Å². The molecule has 0 radical (unpaired) electrons. The van der Waals surface area contributed by atoms with Crippen molar-refractivity contribution >= 4 is 23.0 Å². The van der Waals surface area contributed by atoms with Crippen molar-refractivity contribution < 1.29 is 9.31 Å². The Kier molecular flexibility index (Phi) is 7.07. The van der Waals surface area contributed by atoms with Gasteiger partial charge in [-0.25, -0.2) is 0 Å². The molecule has 0 saturated carbocycles. The van der Waals surface area contributed by atoms with Crippen LogP contribution in [-0.2, 0) is 9.31 Å². The summed E-state index contributed by atoms with van der Waals surface area (Å²) in [5.41, 5.74) is 3.93. The highest BCUT2D eigenvalue weighted by Crippen LogP contribution is 2.39. The molecule has 114 valence electrons. The van der Waals surface area contributed by atoms with Gasteiger partial charge in [0.2, 0.25) is 0 Å². The fourth-order valence-corrected chi connectivity index (χ4v) is 2.59. The van der Waals surface area contributed by atoms with E-state index in [9.17, 15) is 0 Å². The standard InChI is InChI=1S/C16H28BBrO2/c1-6-11-14(12-9-7-8-10-13-18)17-19-15(2,3)16(4,5)20-17/h6H,7-10,12-13H2,1-5H3. The van der Waals surface area contributed by atoms with E-state index < -0.39 is 0 Å². The normalized spacial score (nSPS) is 19.8. The van der Waals surface area contributed by atoms with Crippen LogP contribution in [0.4, 0.5) is 0 Å². The largest absolute Gasteiger partial charge is 0.498 e. The van der Waals surface area contributed by atoms with Crippen molar-refractivity contribution in [2.75, 3.05) is 5.33 Å². The van der Waals surface area contributed by atoms with Crippen molar-refractivity contribution in [3.63, 3.8) is 0 Å². The van der Waals surface area contributed by atoms with E-state index in [1.54, 1.807) is 0 Å². The zero-order valence-corrected chi connectivity index (χ0v) is 15.2. The van der Waals surface area contributed by atoms with E-state index in [1.807, 2.05) is 13.0 Å². The van der Waals surface area contributed by atoms with E-state index in [-0.39, 0.29) is 18.3 Å². The molecular formula is C16H28BBrO2. The van der Waals surface area contributed by atoms with Crippen molar-refractivity contribution in [1.29, 1.82) is 0 Å². The predicted molar refractivity (Wildman–Crippen MR) is 90.2 cm³/mol. The summed E-state index contributed by atoms with van der Waals surface area (Å²) < 4.78 is 12.2. The summed E-state index contributed by atoms with van der Waals surface area (Å²) in [5.74, 6) is 0. The molecule has 1 aliphatic heterocycles. The Bertz CT molecular complexity index is 355. The summed E-state index contributed by atoms with van der Waals surface area (Å²) in [6.45, 7) is 10.4. The Morgan fingerprint density at radius 2 is 1.60 bits per heavy atom. The van der Waals surface area contributed by atoms with Gasteiger partial charge in [-0.15, -0.1) is 5.73 Å². The molecule has 20 heavy (non-hydrogen) atoms. The molecule has 0 atom stereocenters. The molecule has 0 bridgehead atoms. The van der Waals surface area contributed by atoms with Gasteiger partial charge in [-0.1, -0.05) is 28.8 Å². The third kappa shape index (κ3) is 4.77. The van der Waals surface area contributed by atoms with E-state index in [0.29, 0.717) is 0 Å². The minimum absolute atomic E-state index is 0.243. The van der Waals surface area contributed by atoms with Crippen LogP contribution in [0.25, 0.3) is 0 Å². The molecular weight excluding hydrogens is 315 g/mol. The van der Waals surface area contributed by atoms with E-state index in [1.165, 1.54) is 25.7 Å². The van der Waals surface area contributed by atoms with Gasteiger partial charge in [0.25, 0.3) is 0 Å². The van der Waals surface area contributed by atoms with Crippen LogP contribution in [0, 0.1) is 0 Å². The first-order chi connectivity index (χ1) is 9.34. The molecule has 0 aromatic heterocycles. The predicted octanol–water partition coefficient (Wildman–Crippen LogP) is 5.06. The van der Waals surface area contributed by atoms with Gasteiger partial charge in [0, 0.05) is 10.8 Å². The SMILES string of the molecule is CC=C=C(CCCCCCBr)B1OC(C)(C)C(C)(C)O1. The van der Waals surface area contributed by atoms with Crippen LogP contribution in [0.2, 0.25) is 0 Å². The number of rotatable bonds is 7. The van der Waals surface area contributed by atoms with Crippen molar-refractivity contribution in [2.24, 2.45) is 0 Å². The maximum atomic E-state index is 6.11. The Morgan fingerprint density at radius 3 is 2.10 bits per heavy atom. The third-order valence-corrected chi connectivity index (χ3v) is 4.76. The van der Waals surface area contributed by atoms with Gasteiger partial charge in [-0.05, 0) is 60.0 Å². The minimum Gasteiger partial charge on any atom is -0.399 e. The summed E-state index contributed by atoms with van der Waals surface area (Å²) >= 11 is 3.47. The number of hydrogen-bond acceptors (Lipinski definition) is 2. The van der Waals surface area contributed by atoms with Gasteiger partial charge in [0.05, 0.1) is 11.2 Å². The molecule has 1 fully saturated rings.